The highest BCUT2D eigenvalue weighted by Gasteiger charge is 2.45. The number of carbonyl (C=O) groups excluding carboxylic acids is 2. The summed E-state index contributed by atoms with van der Waals surface area (Å²) >= 11 is 0. The van der Waals surface area contributed by atoms with E-state index in [1.807, 2.05) is 78.7 Å². The normalized spacial score (nSPS) is 13.7. The van der Waals surface area contributed by atoms with Gasteiger partial charge in [0.25, 0.3) is 0 Å². The zero-order chi connectivity index (χ0) is 29.8. The number of nitrogens with zero attached hydrogens (tertiary/aromatic N) is 1. The summed E-state index contributed by atoms with van der Waals surface area (Å²) < 4.78 is 5.71. The quantitative estimate of drug-likeness (QED) is 0.305. The lowest BCUT2D eigenvalue weighted by atomic mass is 9.74. The van der Waals surface area contributed by atoms with Gasteiger partial charge in [-0.05, 0) is 62.6 Å². The van der Waals surface area contributed by atoms with Crippen molar-refractivity contribution in [3.8, 4) is 11.1 Å². The molecule has 0 aromatic heterocycles. The Balaban J connectivity index is 1.48. The number of likely N-dealkylation sites (N-methyl/N-ethyl adjacent to an activating group) is 1. The van der Waals surface area contributed by atoms with E-state index in [4.69, 9.17) is 4.74 Å². The first-order chi connectivity index (χ1) is 19.4. The van der Waals surface area contributed by atoms with E-state index in [1.54, 1.807) is 27.7 Å². The number of amides is 2. The number of aliphatic carboxylic acids is 1. The molecule has 0 fully saturated rings. The fraction of sp³-hybridized carbons (Fsp3) is 0.364. The Kier molecular flexibility index (Phi) is 8.83. The minimum Gasteiger partial charge on any atom is -0.481 e. The molecule has 0 radical (unpaired) electrons. The third-order valence-corrected chi connectivity index (χ3v) is 8.27. The maximum atomic E-state index is 13.5. The zero-order valence-corrected chi connectivity index (χ0v) is 24.3. The van der Waals surface area contributed by atoms with Gasteiger partial charge in [-0.25, -0.2) is 4.79 Å². The largest absolute Gasteiger partial charge is 0.481 e. The number of benzene rings is 3. The average molecular weight is 558 g/mol. The molecule has 3 aromatic carbocycles. The summed E-state index contributed by atoms with van der Waals surface area (Å²) in [4.78, 5) is 40.5. The molecule has 0 aliphatic heterocycles. The van der Waals surface area contributed by atoms with Gasteiger partial charge in [-0.3, -0.25) is 14.5 Å². The zero-order valence-electron chi connectivity index (χ0n) is 24.3. The number of carboxylic acid groups (broad SMARTS) is 1. The smallest absolute Gasteiger partial charge is 0.407 e. The molecule has 0 bridgehead atoms. The second kappa shape index (κ2) is 12.1. The van der Waals surface area contributed by atoms with Gasteiger partial charge in [-0.15, -0.1) is 0 Å². The second-order valence-corrected chi connectivity index (χ2v) is 11.7. The Bertz CT molecular complexity index is 1360. The van der Waals surface area contributed by atoms with Crippen LogP contribution in [0.4, 0.5) is 4.79 Å². The number of rotatable bonds is 11. The average Bonchev–Trinajstić information content (AvgIpc) is 3.25. The van der Waals surface area contributed by atoms with Crippen LogP contribution >= 0.6 is 0 Å². The first-order valence-corrected chi connectivity index (χ1v) is 13.8. The minimum atomic E-state index is -1.26. The molecule has 1 aliphatic rings. The SMILES string of the molecule is CN(Cc1ccccc1)CC(NC(=O)OCC1c2ccccc2-c2ccccc21)C(=O)NC(C)(C)C(C)(C)C(=O)O. The number of hydrogen-bond acceptors (Lipinski definition) is 5. The van der Waals surface area contributed by atoms with Crippen molar-refractivity contribution < 1.29 is 24.2 Å². The van der Waals surface area contributed by atoms with Crippen LogP contribution in [0.25, 0.3) is 11.1 Å². The standard InChI is InChI=1S/C33H39N3O5/c1-32(2,30(38)39)33(3,4)35-29(37)28(20-36(5)19-22-13-7-6-8-14-22)34-31(40)41-21-27-25-17-11-9-15-23(25)24-16-10-12-18-26(24)27/h6-18,27-28H,19-21H2,1-5H3,(H,34,40)(H,35,37)(H,38,39). The van der Waals surface area contributed by atoms with E-state index in [0.717, 1.165) is 27.8 Å². The Morgan fingerprint density at radius 1 is 0.878 bits per heavy atom. The molecule has 3 N–H and O–H groups in total. The molecular formula is C33H39N3O5. The Morgan fingerprint density at radius 3 is 1.98 bits per heavy atom. The predicted molar refractivity (Wildman–Crippen MR) is 158 cm³/mol. The molecule has 0 saturated heterocycles. The molecule has 41 heavy (non-hydrogen) atoms. The lowest BCUT2D eigenvalue weighted by molar-refractivity contribution is -0.152. The topological polar surface area (TPSA) is 108 Å². The van der Waals surface area contributed by atoms with Gasteiger partial charge >= 0.3 is 12.1 Å². The highest BCUT2D eigenvalue weighted by atomic mass is 16.5. The first kappa shape index (κ1) is 29.8. The number of ether oxygens (including phenoxy) is 1. The second-order valence-electron chi connectivity index (χ2n) is 11.7. The van der Waals surface area contributed by atoms with E-state index in [-0.39, 0.29) is 19.1 Å². The third kappa shape index (κ3) is 6.60. The summed E-state index contributed by atoms with van der Waals surface area (Å²) in [6, 6.07) is 25.0. The van der Waals surface area contributed by atoms with Gasteiger partial charge in [0.2, 0.25) is 5.91 Å². The number of nitrogens with one attached hydrogen (secondary N) is 2. The summed E-state index contributed by atoms with van der Waals surface area (Å²) in [5.74, 6) is -1.64. The Morgan fingerprint density at radius 2 is 1.41 bits per heavy atom. The van der Waals surface area contributed by atoms with Crippen molar-refractivity contribution >= 4 is 18.0 Å². The monoisotopic (exact) mass is 557 g/mol. The van der Waals surface area contributed by atoms with E-state index in [2.05, 4.69) is 22.8 Å². The van der Waals surface area contributed by atoms with Crippen molar-refractivity contribution in [1.29, 1.82) is 0 Å². The molecule has 1 aliphatic carbocycles. The number of fused-ring (bicyclic) bond motifs is 3. The van der Waals surface area contributed by atoms with Gasteiger partial charge in [0.15, 0.2) is 0 Å². The summed E-state index contributed by atoms with van der Waals surface area (Å²) in [6.07, 6.45) is -0.713. The van der Waals surface area contributed by atoms with Crippen molar-refractivity contribution in [2.45, 2.75) is 51.7 Å². The van der Waals surface area contributed by atoms with Crippen molar-refractivity contribution in [3.63, 3.8) is 0 Å². The van der Waals surface area contributed by atoms with Crippen LogP contribution in [0.5, 0.6) is 0 Å². The number of alkyl carbamates (subject to hydrolysis) is 1. The molecule has 1 unspecified atom stereocenters. The van der Waals surface area contributed by atoms with Crippen molar-refractivity contribution in [3.05, 3.63) is 95.6 Å². The predicted octanol–water partition coefficient (Wildman–Crippen LogP) is 5.03. The summed E-state index contributed by atoms with van der Waals surface area (Å²) in [5.41, 5.74) is 3.14. The van der Waals surface area contributed by atoms with E-state index in [9.17, 15) is 19.5 Å². The van der Waals surface area contributed by atoms with Crippen molar-refractivity contribution in [2.24, 2.45) is 5.41 Å². The molecule has 8 nitrogen and oxygen atoms in total. The van der Waals surface area contributed by atoms with Gasteiger partial charge < -0.3 is 20.5 Å². The molecule has 8 heteroatoms. The molecule has 216 valence electrons. The molecule has 4 rings (SSSR count). The number of carboxylic acids is 1. The minimum absolute atomic E-state index is 0.114. The lowest BCUT2D eigenvalue weighted by Crippen LogP contribution is -2.62. The van der Waals surface area contributed by atoms with Crippen LogP contribution < -0.4 is 10.6 Å². The summed E-state index contributed by atoms with van der Waals surface area (Å²) in [5, 5.41) is 15.4. The van der Waals surface area contributed by atoms with E-state index >= 15 is 0 Å². The van der Waals surface area contributed by atoms with Crippen LogP contribution in [0.3, 0.4) is 0 Å². The highest BCUT2D eigenvalue weighted by molar-refractivity contribution is 5.87. The van der Waals surface area contributed by atoms with E-state index in [0.29, 0.717) is 6.54 Å². The van der Waals surface area contributed by atoms with Crippen LogP contribution in [-0.4, -0.2) is 59.8 Å². The van der Waals surface area contributed by atoms with Gasteiger partial charge in [0.1, 0.15) is 12.6 Å². The van der Waals surface area contributed by atoms with Gasteiger partial charge in [-0.2, -0.15) is 0 Å². The van der Waals surface area contributed by atoms with Crippen LogP contribution in [0.2, 0.25) is 0 Å². The van der Waals surface area contributed by atoms with Gasteiger partial charge in [0, 0.05) is 19.0 Å². The number of hydrogen-bond donors (Lipinski definition) is 3. The molecule has 0 heterocycles. The Labute approximate surface area is 241 Å². The van der Waals surface area contributed by atoms with Gasteiger partial charge in [0.05, 0.1) is 11.0 Å². The van der Waals surface area contributed by atoms with Gasteiger partial charge in [-0.1, -0.05) is 78.9 Å². The number of carbonyl (C=O) groups is 3. The third-order valence-electron chi connectivity index (χ3n) is 8.27. The van der Waals surface area contributed by atoms with Crippen LogP contribution in [0, 0.1) is 5.41 Å². The first-order valence-electron chi connectivity index (χ1n) is 13.8. The molecule has 2 amide bonds. The molecule has 3 aromatic rings. The maximum Gasteiger partial charge on any atom is 0.407 e. The molecular weight excluding hydrogens is 518 g/mol. The highest BCUT2D eigenvalue weighted by Crippen LogP contribution is 2.44. The van der Waals surface area contributed by atoms with Crippen molar-refractivity contribution in [2.75, 3.05) is 20.2 Å². The fourth-order valence-electron chi connectivity index (χ4n) is 5.07. The van der Waals surface area contributed by atoms with Crippen molar-refractivity contribution in [1.82, 2.24) is 15.5 Å². The summed E-state index contributed by atoms with van der Waals surface area (Å²) in [6.45, 7) is 7.31. The van der Waals surface area contributed by atoms with Crippen LogP contribution in [-0.2, 0) is 20.9 Å². The molecule has 0 saturated carbocycles. The van der Waals surface area contributed by atoms with Crippen LogP contribution in [0.15, 0.2) is 78.9 Å². The molecule has 1 atom stereocenters. The lowest BCUT2D eigenvalue weighted by Gasteiger charge is -2.40. The molecule has 0 spiro atoms. The van der Waals surface area contributed by atoms with E-state index in [1.165, 1.54) is 0 Å². The maximum absolute atomic E-state index is 13.5. The fourth-order valence-corrected chi connectivity index (χ4v) is 5.07. The Hall–Kier alpha value is -4.17. The van der Waals surface area contributed by atoms with Crippen LogP contribution in [0.1, 0.15) is 50.3 Å². The van der Waals surface area contributed by atoms with E-state index < -0.39 is 35.0 Å². The summed E-state index contributed by atoms with van der Waals surface area (Å²) in [7, 11) is 1.86.